The third-order valence-corrected chi connectivity index (χ3v) is 6.95. The first-order valence-electron chi connectivity index (χ1n) is 14.2. The van der Waals surface area contributed by atoms with Crippen LogP contribution in [0, 0.1) is 5.82 Å². The van der Waals surface area contributed by atoms with E-state index in [0.29, 0.717) is 27.7 Å². The lowest BCUT2D eigenvalue weighted by Gasteiger charge is -2.19. The van der Waals surface area contributed by atoms with E-state index >= 15 is 4.39 Å². The summed E-state index contributed by atoms with van der Waals surface area (Å²) in [5.74, 6) is -1.94. The topological polar surface area (TPSA) is 168 Å². The summed E-state index contributed by atoms with van der Waals surface area (Å²) >= 11 is 5.93. The zero-order chi connectivity index (χ0) is 33.0. The fraction of sp³-hybridized carbons (Fsp3) is 0.250. The molecule has 0 saturated carbocycles. The average Bonchev–Trinajstić information content (AvgIpc) is 3.68. The first kappa shape index (κ1) is 32.1. The lowest BCUT2D eigenvalue weighted by molar-refractivity contribution is -0.141. The largest absolute Gasteiger partial charge is 0.480 e. The molecule has 1 aliphatic heterocycles. The van der Waals surface area contributed by atoms with Crippen molar-refractivity contribution in [3.05, 3.63) is 88.7 Å². The third-order valence-electron chi connectivity index (χ3n) is 6.70. The monoisotopic (exact) mass is 648 g/mol. The van der Waals surface area contributed by atoms with E-state index in [1.54, 1.807) is 69.3 Å². The smallest absolute Gasteiger partial charge is 0.412 e. The number of carboxylic acid groups (broad SMARTS) is 1. The fourth-order valence-electron chi connectivity index (χ4n) is 4.51. The van der Waals surface area contributed by atoms with Crippen LogP contribution < -0.4 is 16.0 Å². The third kappa shape index (κ3) is 8.04. The number of anilines is 1. The number of hydrogen-bond acceptors (Lipinski definition) is 9. The van der Waals surface area contributed by atoms with Crippen LogP contribution in [0.25, 0.3) is 22.8 Å². The molecular formula is C32H30ClFN6O6. The molecule has 0 saturated heterocycles. The Labute approximate surface area is 268 Å². The van der Waals surface area contributed by atoms with Crippen LogP contribution in [0.2, 0.25) is 5.02 Å². The van der Waals surface area contributed by atoms with Crippen LogP contribution in [-0.2, 0) is 20.7 Å². The number of halogens is 2. The van der Waals surface area contributed by atoms with E-state index in [1.165, 1.54) is 18.2 Å². The van der Waals surface area contributed by atoms with E-state index in [9.17, 15) is 19.5 Å². The number of amides is 2. The van der Waals surface area contributed by atoms with Gasteiger partial charge >= 0.3 is 12.1 Å². The maximum Gasteiger partial charge on any atom is 0.412 e. The number of nitrogens with zero attached hydrogens (tertiary/aromatic N) is 3. The van der Waals surface area contributed by atoms with Gasteiger partial charge in [-0.3, -0.25) is 15.1 Å². The van der Waals surface area contributed by atoms with Crippen molar-refractivity contribution in [2.75, 3.05) is 11.9 Å². The highest BCUT2D eigenvalue weighted by Gasteiger charge is 2.29. The van der Waals surface area contributed by atoms with E-state index in [1.807, 2.05) is 0 Å². The molecule has 2 unspecified atom stereocenters. The van der Waals surface area contributed by atoms with Crippen LogP contribution in [0.5, 0.6) is 0 Å². The molecule has 1 aliphatic rings. The first-order chi connectivity index (χ1) is 21.8. The molecule has 238 valence electrons. The van der Waals surface area contributed by atoms with E-state index in [0.717, 1.165) is 5.56 Å². The summed E-state index contributed by atoms with van der Waals surface area (Å²) in [5.41, 5.74) is 1.50. The van der Waals surface area contributed by atoms with Crippen molar-refractivity contribution < 1.29 is 33.1 Å². The molecule has 14 heteroatoms. The van der Waals surface area contributed by atoms with Crippen LogP contribution in [-0.4, -0.2) is 63.3 Å². The Morgan fingerprint density at radius 3 is 2.43 bits per heavy atom. The van der Waals surface area contributed by atoms with Gasteiger partial charge in [0, 0.05) is 34.8 Å². The molecule has 0 aliphatic carbocycles. The average molecular weight is 649 g/mol. The molecule has 0 bridgehead atoms. The fourth-order valence-corrected chi connectivity index (χ4v) is 4.64. The lowest BCUT2D eigenvalue weighted by atomic mass is 10.0. The van der Waals surface area contributed by atoms with Crippen molar-refractivity contribution in [2.45, 2.75) is 44.9 Å². The van der Waals surface area contributed by atoms with Crippen LogP contribution in [0.1, 0.15) is 31.9 Å². The summed E-state index contributed by atoms with van der Waals surface area (Å²) in [6, 6.07) is 15.4. The zero-order valence-corrected chi connectivity index (χ0v) is 25.8. The number of benzene rings is 3. The highest BCUT2D eigenvalue weighted by atomic mass is 35.5. The van der Waals surface area contributed by atoms with Gasteiger partial charge in [0.15, 0.2) is 0 Å². The second kappa shape index (κ2) is 13.4. The van der Waals surface area contributed by atoms with Crippen molar-refractivity contribution in [2.24, 2.45) is 4.99 Å². The minimum Gasteiger partial charge on any atom is -0.480 e. The number of hydrogen-bond donors (Lipinski definition) is 4. The van der Waals surface area contributed by atoms with Crippen LogP contribution >= 0.6 is 11.6 Å². The number of amidine groups is 1. The predicted molar refractivity (Wildman–Crippen MR) is 168 cm³/mol. The molecule has 46 heavy (non-hydrogen) atoms. The standard InChI is InChI=1S/C32H30ClFN6O6/c1-32(2,3)45-31(44)36-21-11-7-19(8-12-21)29-39-27(40-46-29)22-13-4-17(14-23(22)34)15-24(30(42)43)38-28(41)25-16-35-26(37-25)18-5-9-20(33)10-6-18/h4-14,24-25H,15-16H2,1-3H3,(H,35,37)(H,36,44)(H,38,41)(H,42,43). The van der Waals surface area contributed by atoms with Gasteiger partial charge in [-0.2, -0.15) is 4.98 Å². The number of carboxylic acids is 1. The molecule has 0 radical (unpaired) electrons. The van der Waals surface area contributed by atoms with E-state index in [-0.39, 0.29) is 30.2 Å². The van der Waals surface area contributed by atoms with Crippen LogP contribution in [0.3, 0.4) is 0 Å². The van der Waals surface area contributed by atoms with Crippen LogP contribution in [0.15, 0.2) is 76.2 Å². The van der Waals surface area contributed by atoms with Crippen molar-refractivity contribution >= 4 is 41.1 Å². The number of aromatic nitrogens is 2. The van der Waals surface area contributed by atoms with E-state index in [2.05, 4.69) is 31.1 Å². The maximum atomic E-state index is 15.2. The highest BCUT2D eigenvalue weighted by Crippen LogP contribution is 2.26. The SMILES string of the molecule is CC(C)(C)OC(=O)Nc1ccc(-c2nc(-c3ccc(CC(NC(=O)C4CNC(c5ccc(Cl)cc5)=N4)C(=O)O)cc3F)no2)cc1. The number of aliphatic carboxylic acids is 1. The molecule has 5 rings (SSSR count). The summed E-state index contributed by atoms with van der Waals surface area (Å²) < 4.78 is 25.7. The molecule has 2 heterocycles. The molecule has 4 aromatic rings. The van der Waals surface area contributed by atoms with Gasteiger partial charge in [-0.05, 0) is 87.0 Å². The van der Waals surface area contributed by atoms with Gasteiger partial charge in [-0.25, -0.2) is 14.0 Å². The number of nitrogens with one attached hydrogen (secondary N) is 3. The Bertz CT molecular complexity index is 1790. The molecule has 12 nitrogen and oxygen atoms in total. The Morgan fingerprint density at radius 2 is 1.78 bits per heavy atom. The van der Waals surface area contributed by atoms with E-state index < -0.39 is 41.5 Å². The molecule has 0 spiro atoms. The number of aliphatic imine (C=N–C) groups is 1. The molecule has 0 fully saturated rings. The number of rotatable bonds is 9. The minimum atomic E-state index is -1.32. The summed E-state index contributed by atoms with van der Waals surface area (Å²) in [4.78, 5) is 45.5. The lowest BCUT2D eigenvalue weighted by Crippen LogP contribution is -2.47. The summed E-state index contributed by atoms with van der Waals surface area (Å²) in [7, 11) is 0. The Kier molecular flexibility index (Phi) is 9.33. The minimum absolute atomic E-state index is 0.0128. The van der Waals surface area contributed by atoms with Gasteiger partial charge in [-0.15, -0.1) is 0 Å². The number of carbonyl (C=O) groups is 3. The molecule has 2 amide bonds. The molecule has 3 aromatic carbocycles. The zero-order valence-electron chi connectivity index (χ0n) is 25.0. The Hall–Kier alpha value is -5.30. The van der Waals surface area contributed by atoms with Crippen molar-refractivity contribution in [3.8, 4) is 22.8 Å². The van der Waals surface area contributed by atoms with Gasteiger partial charge < -0.3 is 25.0 Å². The van der Waals surface area contributed by atoms with Crippen molar-refractivity contribution in [1.82, 2.24) is 20.8 Å². The second-order valence-electron chi connectivity index (χ2n) is 11.4. The van der Waals surface area contributed by atoms with Gasteiger partial charge in [0.2, 0.25) is 11.7 Å². The predicted octanol–water partition coefficient (Wildman–Crippen LogP) is 5.07. The molecule has 1 aromatic heterocycles. The number of ether oxygens (including phenoxy) is 1. The van der Waals surface area contributed by atoms with Crippen LogP contribution in [0.4, 0.5) is 14.9 Å². The quantitative estimate of drug-likeness (QED) is 0.194. The van der Waals surface area contributed by atoms with Crippen molar-refractivity contribution in [1.29, 1.82) is 0 Å². The summed E-state index contributed by atoms with van der Waals surface area (Å²) in [6.07, 6.45) is -0.770. The van der Waals surface area contributed by atoms with E-state index in [4.69, 9.17) is 20.9 Å². The molecule has 4 N–H and O–H groups in total. The van der Waals surface area contributed by atoms with Gasteiger partial charge in [0.1, 0.15) is 29.3 Å². The first-order valence-corrected chi connectivity index (χ1v) is 14.6. The van der Waals surface area contributed by atoms with Gasteiger partial charge in [-0.1, -0.05) is 22.8 Å². The normalized spacial score (nSPS) is 15.0. The highest BCUT2D eigenvalue weighted by molar-refractivity contribution is 6.30. The second-order valence-corrected chi connectivity index (χ2v) is 11.9. The maximum absolute atomic E-state index is 15.2. The number of carbonyl (C=O) groups excluding carboxylic acids is 2. The summed E-state index contributed by atoms with van der Waals surface area (Å²) in [6.45, 7) is 5.47. The molecule has 2 atom stereocenters. The summed E-state index contributed by atoms with van der Waals surface area (Å²) in [5, 5.41) is 22.4. The molecular weight excluding hydrogens is 619 g/mol. The Balaban J connectivity index is 1.22. The van der Waals surface area contributed by atoms with Gasteiger partial charge in [0.05, 0.1) is 5.56 Å². The van der Waals surface area contributed by atoms with Crippen molar-refractivity contribution in [3.63, 3.8) is 0 Å². The Morgan fingerprint density at radius 1 is 1.09 bits per heavy atom. The van der Waals surface area contributed by atoms with Gasteiger partial charge in [0.25, 0.3) is 5.89 Å².